The van der Waals surface area contributed by atoms with Gasteiger partial charge in [0.1, 0.15) is 6.04 Å². The number of carbonyl (C=O) groups excluding carboxylic acids is 1. The molecule has 2 rings (SSSR count). The molecule has 1 heterocycles. The van der Waals surface area contributed by atoms with E-state index in [-0.39, 0.29) is 11.9 Å². The molecule has 4 heteroatoms. The summed E-state index contributed by atoms with van der Waals surface area (Å²) in [6.45, 7) is 3.82. The van der Waals surface area contributed by atoms with Crippen molar-refractivity contribution < 1.29 is 4.79 Å². The fraction of sp³-hybridized carbons (Fsp3) is 0.818. The molecule has 2 fully saturated rings. The summed E-state index contributed by atoms with van der Waals surface area (Å²) >= 11 is 0. The predicted molar refractivity (Wildman–Crippen MR) is 55.9 cm³/mol. The van der Waals surface area contributed by atoms with Crippen LogP contribution >= 0.6 is 0 Å². The first-order valence-corrected chi connectivity index (χ1v) is 5.62. The zero-order valence-electron chi connectivity index (χ0n) is 9.07. The van der Waals surface area contributed by atoms with Crippen molar-refractivity contribution in [2.24, 2.45) is 5.92 Å². The van der Waals surface area contributed by atoms with Crippen LogP contribution in [0.5, 0.6) is 0 Å². The van der Waals surface area contributed by atoms with Crippen LogP contribution in [0.4, 0.5) is 0 Å². The highest BCUT2D eigenvalue weighted by atomic mass is 16.2. The van der Waals surface area contributed by atoms with Crippen LogP contribution in [0.1, 0.15) is 26.2 Å². The van der Waals surface area contributed by atoms with Gasteiger partial charge in [0.2, 0.25) is 5.91 Å². The summed E-state index contributed by atoms with van der Waals surface area (Å²) in [6, 6.07) is 2.46. The number of amides is 1. The fourth-order valence-electron chi connectivity index (χ4n) is 2.20. The second-order valence-electron chi connectivity index (χ2n) is 4.66. The highest BCUT2D eigenvalue weighted by Crippen LogP contribution is 2.31. The summed E-state index contributed by atoms with van der Waals surface area (Å²) in [7, 11) is 0. The summed E-state index contributed by atoms with van der Waals surface area (Å²) in [5, 5.41) is 11.7. The van der Waals surface area contributed by atoms with E-state index in [1.165, 1.54) is 12.8 Å². The van der Waals surface area contributed by atoms with Crippen molar-refractivity contribution in [3.8, 4) is 6.07 Å². The molecule has 0 radical (unpaired) electrons. The first kappa shape index (κ1) is 10.4. The van der Waals surface area contributed by atoms with Gasteiger partial charge in [-0.15, -0.1) is 0 Å². The number of rotatable bonds is 2. The Morgan fingerprint density at radius 2 is 2.33 bits per heavy atom. The van der Waals surface area contributed by atoms with E-state index in [0.717, 1.165) is 13.1 Å². The Hall–Kier alpha value is -1.08. The second-order valence-corrected chi connectivity index (χ2v) is 4.66. The molecule has 0 bridgehead atoms. The third kappa shape index (κ3) is 2.29. The van der Waals surface area contributed by atoms with E-state index in [1.54, 1.807) is 0 Å². The van der Waals surface area contributed by atoms with Gasteiger partial charge in [-0.3, -0.25) is 9.69 Å². The van der Waals surface area contributed by atoms with Crippen molar-refractivity contribution in [1.82, 2.24) is 10.2 Å². The molecule has 1 saturated heterocycles. The van der Waals surface area contributed by atoms with Crippen LogP contribution in [0.3, 0.4) is 0 Å². The van der Waals surface area contributed by atoms with E-state index in [9.17, 15) is 4.79 Å². The topological polar surface area (TPSA) is 56.1 Å². The summed E-state index contributed by atoms with van der Waals surface area (Å²) in [5.41, 5.74) is 0. The zero-order valence-corrected chi connectivity index (χ0v) is 9.07. The molecule has 2 atom stereocenters. The Balaban J connectivity index is 2.12. The lowest BCUT2D eigenvalue weighted by Gasteiger charge is -2.27. The fourth-order valence-corrected chi connectivity index (χ4v) is 2.20. The van der Waals surface area contributed by atoms with Crippen LogP contribution < -0.4 is 5.32 Å². The smallest absolute Gasteiger partial charge is 0.238 e. The molecule has 1 amide bonds. The Labute approximate surface area is 90.2 Å². The van der Waals surface area contributed by atoms with E-state index in [4.69, 9.17) is 5.26 Å². The summed E-state index contributed by atoms with van der Waals surface area (Å²) in [4.78, 5) is 14.0. The third-order valence-corrected chi connectivity index (χ3v) is 3.15. The van der Waals surface area contributed by atoms with E-state index in [0.29, 0.717) is 18.4 Å². The highest BCUT2D eigenvalue weighted by molar-refractivity contribution is 5.82. The molecular formula is C11H17N3O. The number of nitrogens with one attached hydrogen (secondary N) is 1. The largest absolute Gasteiger partial charge is 0.354 e. The average molecular weight is 207 g/mol. The van der Waals surface area contributed by atoms with Gasteiger partial charge in [0, 0.05) is 19.1 Å². The lowest BCUT2D eigenvalue weighted by atomic mass is 10.1. The molecule has 1 saturated carbocycles. The molecule has 15 heavy (non-hydrogen) atoms. The van der Waals surface area contributed by atoms with Gasteiger partial charge in [0.15, 0.2) is 0 Å². The molecule has 2 unspecified atom stereocenters. The SMILES string of the molecule is CC1CNC(=O)C(CC#N)N(C2CC2)C1. The zero-order chi connectivity index (χ0) is 10.8. The standard InChI is InChI=1S/C11H17N3O/c1-8-6-13-11(15)10(4-5-12)14(7-8)9-2-3-9/h8-10H,2-4,6-7H2,1H3,(H,13,15). The van der Waals surface area contributed by atoms with Crippen LogP contribution in [-0.4, -0.2) is 36.0 Å². The molecule has 0 aromatic carbocycles. The first-order chi connectivity index (χ1) is 7.22. The minimum absolute atomic E-state index is 0.0350. The second kappa shape index (κ2) is 4.19. The number of hydrogen-bond acceptors (Lipinski definition) is 3. The van der Waals surface area contributed by atoms with Crippen molar-refractivity contribution in [1.29, 1.82) is 5.26 Å². The maximum Gasteiger partial charge on any atom is 0.238 e. The van der Waals surface area contributed by atoms with Crippen molar-refractivity contribution in [2.75, 3.05) is 13.1 Å². The van der Waals surface area contributed by atoms with Gasteiger partial charge < -0.3 is 5.32 Å². The van der Waals surface area contributed by atoms with E-state index in [2.05, 4.69) is 23.2 Å². The van der Waals surface area contributed by atoms with Crippen molar-refractivity contribution in [3.05, 3.63) is 0 Å². The van der Waals surface area contributed by atoms with Crippen molar-refractivity contribution >= 4 is 5.91 Å². The number of hydrogen-bond donors (Lipinski definition) is 1. The quantitative estimate of drug-likeness (QED) is 0.717. The monoisotopic (exact) mass is 207 g/mol. The maximum atomic E-state index is 11.8. The minimum Gasteiger partial charge on any atom is -0.354 e. The number of nitrogens with zero attached hydrogens (tertiary/aromatic N) is 2. The Bertz CT molecular complexity index is 293. The van der Waals surface area contributed by atoms with Gasteiger partial charge in [0.05, 0.1) is 12.5 Å². The lowest BCUT2D eigenvalue weighted by molar-refractivity contribution is -0.125. The van der Waals surface area contributed by atoms with Crippen LogP contribution in [0, 0.1) is 17.2 Å². The van der Waals surface area contributed by atoms with Crippen LogP contribution in [-0.2, 0) is 4.79 Å². The summed E-state index contributed by atoms with van der Waals surface area (Å²) in [6.07, 6.45) is 2.68. The van der Waals surface area contributed by atoms with Gasteiger partial charge in [-0.1, -0.05) is 6.92 Å². The Kier molecular flexibility index (Phi) is 2.92. The normalized spacial score (nSPS) is 32.9. The minimum atomic E-state index is -0.215. The van der Waals surface area contributed by atoms with Crippen LogP contribution in [0.15, 0.2) is 0 Å². The molecule has 1 N–H and O–H groups in total. The van der Waals surface area contributed by atoms with Gasteiger partial charge in [-0.25, -0.2) is 0 Å². The molecular weight excluding hydrogens is 190 g/mol. The Morgan fingerprint density at radius 3 is 2.93 bits per heavy atom. The summed E-state index contributed by atoms with van der Waals surface area (Å²) in [5.74, 6) is 0.519. The summed E-state index contributed by atoms with van der Waals surface area (Å²) < 4.78 is 0. The highest BCUT2D eigenvalue weighted by Gasteiger charge is 2.39. The van der Waals surface area contributed by atoms with E-state index in [1.807, 2.05) is 0 Å². The van der Waals surface area contributed by atoms with Gasteiger partial charge >= 0.3 is 0 Å². The molecule has 82 valence electrons. The molecule has 4 nitrogen and oxygen atoms in total. The van der Waals surface area contributed by atoms with Crippen LogP contribution in [0.25, 0.3) is 0 Å². The molecule has 1 aliphatic heterocycles. The lowest BCUT2D eigenvalue weighted by Crippen LogP contribution is -2.45. The maximum absolute atomic E-state index is 11.8. The van der Waals surface area contributed by atoms with Gasteiger partial charge in [0.25, 0.3) is 0 Å². The van der Waals surface area contributed by atoms with Crippen LogP contribution in [0.2, 0.25) is 0 Å². The third-order valence-electron chi connectivity index (χ3n) is 3.15. The van der Waals surface area contributed by atoms with E-state index >= 15 is 0 Å². The molecule has 2 aliphatic rings. The molecule has 0 aromatic heterocycles. The average Bonchev–Trinajstić information content (AvgIpc) is 3.02. The predicted octanol–water partition coefficient (Wildman–Crippen LogP) is 0.499. The number of nitriles is 1. The van der Waals surface area contributed by atoms with Gasteiger partial charge in [-0.2, -0.15) is 5.26 Å². The van der Waals surface area contributed by atoms with E-state index < -0.39 is 0 Å². The molecule has 1 aliphatic carbocycles. The van der Waals surface area contributed by atoms with Gasteiger partial charge in [-0.05, 0) is 18.8 Å². The first-order valence-electron chi connectivity index (χ1n) is 5.62. The van der Waals surface area contributed by atoms with Crippen molar-refractivity contribution in [3.63, 3.8) is 0 Å². The Morgan fingerprint density at radius 1 is 1.60 bits per heavy atom. The molecule has 0 aromatic rings. The van der Waals surface area contributed by atoms with Crippen molar-refractivity contribution in [2.45, 2.75) is 38.3 Å². The molecule has 0 spiro atoms. The number of carbonyl (C=O) groups is 1.